The average Bonchev–Trinajstić information content (AvgIpc) is 2.78. The lowest BCUT2D eigenvalue weighted by molar-refractivity contribution is 0.600. The van der Waals surface area contributed by atoms with E-state index in [0.29, 0.717) is 17.1 Å². The fourth-order valence-electron chi connectivity index (χ4n) is 1.80. The highest BCUT2D eigenvalue weighted by molar-refractivity contribution is 9.10. The summed E-state index contributed by atoms with van der Waals surface area (Å²) < 4.78 is 28.3. The van der Waals surface area contributed by atoms with Gasteiger partial charge in [0.2, 0.25) is 5.13 Å². The molecule has 0 bridgehead atoms. The standard InChI is InChI=1S/C12H15BrN4O2S2/c1-7-10(13)4-9(6-14-3)5-11(7)21(18,19)17-12-16-15-8(2)20-12/h4-5,14H,6H2,1-3H3,(H,16,17). The quantitative estimate of drug-likeness (QED) is 0.818. The van der Waals surface area contributed by atoms with Crippen LogP contribution in [0.15, 0.2) is 21.5 Å². The van der Waals surface area contributed by atoms with Gasteiger partial charge in [-0.2, -0.15) is 0 Å². The summed E-state index contributed by atoms with van der Waals surface area (Å²) in [6.45, 7) is 4.11. The molecule has 0 radical (unpaired) electrons. The highest BCUT2D eigenvalue weighted by Gasteiger charge is 2.21. The lowest BCUT2D eigenvalue weighted by Crippen LogP contribution is -2.15. The number of nitrogens with one attached hydrogen (secondary N) is 2. The number of nitrogens with zero attached hydrogens (tertiary/aromatic N) is 2. The van der Waals surface area contributed by atoms with E-state index in [-0.39, 0.29) is 10.0 Å². The maximum absolute atomic E-state index is 12.5. The van der Waals surface area contributed by atoms with E-state index in [9.17, 15) is 8.42 Å². The maximum Gasteiger partial charge on any atom is 0.264 e. The van der Waals surface area contributed by atoms with E-state index in [2.05, 4.69) is 36.2 Å². The summed E-state index contributed by atoms with van der Waals surface area (Å²) >= 11 is 4.60. The first-order valence-electron chi connectivity index (χ1n) is 6.10. The largest absolute Gasteiger partial charge is 0.316 e. The number of hydrogen-bond donors (Lipinski definition) is 2. The van der Waals surface area contributed by atoms with Crippen LogP contribution in [0.3, 0.4) is 0 Å². The SMILES string of the molecule is CNCc1cc(Br)c(C)c(S(=O)(=O)Nc2nnc(C)s2)c1. The molecule has 1 aromatic heterocycles. The third-order valence-electron chi connectivity index (χ3n) is 2.77. The van der Waals surface area contributed by atoms with Crippen LogP contribution < -0.4 is 10.0 Å². The van der Waals surface area contributed by atoms with Crippen molar-refractivity contribution >= 4 is 42.4 Å². The Morgan fingerprint density at radius 1 is 1.29 bits per heavy atom. The molecule has 114 valence electrons. The molecule has 9 heteroatoms. The van der Waals surface area contributed by atoms with Gasteiger partial charge in [-0.15, -0.1) is 10.2 Å². The molecular weight excluding hydrogens is 376 g/mol. The van der Waals surface area contributed by atoms with Gasteiger partial charge >= 0.3 is 0 Å². The van der Waals surface area contributed by atoms with Crippen LogP contribution in [0.4, 0.5) is 5.13 Å². The van der Waals surface area contributed by atoms with E-state index in [0.717, 1.165) is 10.0 Å². The fraction of sp³-hybridized carbons (Fsp3) is 0.333. The minimum Gasteiger partial charge on any atom is -0.316 e. The zero-order chi connectivity index (χ0) is 15.6. The second kappa shape index (κ2) is 6.39. The summed E-state index contributed by atoms with van der Waals surface area (Å²) in [7, 11) is -1.88. The van der Waals surface area contributed by atoms with Crippen molar-refractivity contribution in [1.29, 1.82) is 0 Å². The van der Waals surface area contributed by atoms with Gasteiger partial charge in [0, 0.05) is 11.0 Å². The van der Waals surface area contributed by atoms with Crippen LogP contribution in [-0.2, 0) is 16.6 Å². The minimum atomic E-state index is -3.69. The number of anilines is 1. The smallest absolute Gasteiger partial charge is 0.264 e. The number of benzene rings is 1. The second-order valence-electron chi connectivity index (χ2n) is 4.46. The summed E-state index contributed by atoms with van der Waals surface area (Å²) in [5.41, 5.74) is 1.53. The van der Waals surface area contributed by atoms with Crippen molar-refractivity contribution in [3.8, 4) is 0 Å². The highest BCUT2D eigenvalue weighted by atomic mass is 79.9. The zero-order valence-corrected chi connectivity index (χ0v) is 15.0. The molecule has 0 fully saturated rings. The van der Waals surface area contributed by atoms with Gasteiger partial charge in [0.25, 0.3) is 10.0 Å². The first kappa shape index (κ1) is 16.3. The zero-order valence-electron chi connectivity index (χ0n) is 11.8. The van der Waals surface area contributed by atoms with Gasteiger partial charge < -0.3 is 5.32 Å². The monoisotopic (exact) mass is 390 g/mol. The van der Waals surface area contributed by atoms with Crippen molar-refractivity contribution in [2.75, 3.05) is 11.8 Å². The molecule has 1 heterocycles. The van der Waals surface area contributed by atoms with Crippen LogP contribution in [0.5, 0.6) is 0 Å². The van der Waals surface area contributed by atoms with Crippen LogP contribution in [0.25, 0.3) is 0 Å². The molecular formula is C12H15BrN4O2S2. The molecule has 1 aromatic carbocycles. The van der Waals surface area contributed by atoms with Crippen molar-refractivity contribution in [3.05, 3.63) is 32.7 Å². The normalized spacial score (nSPS) is 11.6. The van der Waals surface area contributed by atoms with Crippen LogP contribution in [0.2, 0.25) is 0 Å². The lowest BCUT2D eigenvalue weighted by atomic mass is 10.1. The number of hydrogen-bond acceptors (Lipinski definition) is 6. The number of rotatable bonds is 5. The Labute approximate surface area is 136 Å². The summed E-state index contributed by atoms with van der Waals surface area (Å²) in [6.07, 6.45) is 0. The van der Waals surface area contributed by atoms with E-state index in [1.54, 1.807) is 19.9 Å². The summed E-state index contributed by atoms with van der Waals surface area (Å²) in [4.78, 5) is 0.231. The molecule has 0 spiro atoms. The van der Waals surface area contributed by atoms with Gasteiger partial charge in [-0.05, 0) is 44.2 Å². The summed E-state index contributed by atoms with van der Waals surface area (Å²) in [5, 5.41) is 11.6. The Bertz CT molecular complexity index is 759. The van der Waals surface area contributed by atoms with E-state index in [1.807, 2.05) is 13.1 Å². The Balaban J connectivity index is 2.43. The number of aryl methyl sites for hydroxylation is 1. The van der Waals surface area contributed by atoms with Gasteiger partial charge in [-0.3, -0.25) is 4.72 Å². The molecule has 2 aromatic rings. The lowest BCUT2D eigenvalue weighted by Gasteiger charge is -2.12. The Hall–Kier alpha value is -1.03. The molecule has 6 nitrogen and oxygen atoms in total. The molecule has 0 aliphatic rings. The average molecular weight is 391 g/mol. The van der Waals surface area contributed by atoms with Gasteiger partial charge in [-0.1, -0.05) is 27.3 Å². The Morgan fingerprint density at radius 2 is 2.00 bits per heavy atom. The molecule has 0 saturated carbocycles. The van der Waals surface area contributed by atoms with Crippen LogP contribution in [0, 0.1) is 13.8 Å². The summed E-state index contributed by atoms with van der Waals surface area (Å²) in [6, 6.07) is 3.56. The molecule has 0 atom stereocenters. The van der Waals surface area contributed by atoms with Gasteiger partial charge in [-0.25, -0.2) is 8.42 Å². The van der Waals surface area contributed by atoms with E-state index < -0.39 is 10.0 Å². The molecule has 21 heavy (non-hydrogen) atoms. The first-order chi connectivity index (χ1) is 9.83. The predicted molar refractivity (Wildman–Crippen MR) is 87.1 cm³/mol. The second-order valence-corrected chi connectivity index (χ2v) is 8.15. The third-order valence-corrected chi connectivity index (χ3v) is 5.95. The van der Waals surface area contributed by atoms with Gasteiger partial charge in [0.05, 0.1) is 4.90 Å². The maximum atomic E-state index is 12.5. The molecule has 0 aliphatic heterocycles. The van der Waals surface area contributed by atoms with Gasteiger partial charge in [0.15, 0.2) is 0 Å². The third kappa shape index (κ3) is 3.79. The minimum absolute atomic E-state index is 0.231. The molecule has 0 saturated heterocycles. The van der Waals surface area contributed by atoms with Gasteiger partial charge in [0.1, 0.15) is 5.01 Å². The fourth-order valence-corrected chi connectivity index (χ4v) is 4.58. The Kier molecular flexibility index (Phi) is 4.97. The Morgan fingerprint density at radius 3 is 2.57 bits per heavy atom. The highest BCUT2D eigenvalue weighted by Crippen LogP contribution is 2.28. The first-order valence-corrected chi connectivity index (χ1v) is 9.19. The van der Waals surface area contributed by atoms with E-state index in [1.165, 1.54) is 11.3 Å². The van der Waals surface area contributed by atoms with Crippen molar-refractivity contribution < 1.29 is 8.42 Å². The van der Waals surface area contributed by atoms with Crippen molar-refractivity contribution in [3.63, 3.8) is 0 Å². The van der Waals surface area contributed by atoms with Crippen molar-refractivity contribution in [2.45, 2.75) is 25.3 Å². The number of sulfonamides is 1. The predicted octanol–water partition coefficient (Wildman–Crippen LogP) is 2.44. The van der Waals surface area contributed by atoms with Crippen LogP contribution >= 0.6 is 27.3 Å². The topological polar surface area (TPSA) is 84.0 Å². The number of aromatic nitrogens is 2. The molecule has 0 amide bonds. The van der Waals surface area contributed by atoms with E-state index in [4.69, 9.17) is 0 Å². The molecule has 2 rings (SSSR count). The molecule has 2 N–H and O–H groups in total. The van der Waals surface area contributed by atoms with Crippen LogP contribution in [-0.4, -0.2) is 25.7 Å². The van der Waals surface area contributed by atoms with Crippen molar-refractivity contribution in [1.82, 2.24) is 15.5 Å². The van der Waals surface area contributed by atoms with E-state index >= 15 is 0 Å². The molecule has 0 aliphatic carbocycles. The number of halogens is 1. The van der Waals surface area contributed by atoms with Crippen LogP contribution in [0.1, 0.15) is 16.1 Å². The summed E-state index contributed by atoms with van der Waals surface area (Å²) in [5.74, 6) is 0. The molecule has 0 unspecified atom stereocenters. The van der Waals surface area contributed by atoms with Crippen molar-refractivity contribution in [2.24, 2.45) is 0 Å².